The summed E-state index contributed by atoms with van der Waals surface area (Å²) in [5.74, 6) is -1.49. The topological polar surface area (TPSA) is 63.0 Å². The monoisotopic (exact) mass is 350 g/mol. The molecule has 0 aliphatic heterocycles. The summed E-state index contributed by atoms with van der Waals surface area (Å²) < 4.78 is 29.0. The number of nitrogens with zero attached hydrogens (tertiary/aromatic N) is 3. The third-order valence-electron chi connectivity index (χ3n) is 4.41. The zero-order valence-electron chi connectivity index (χ0n) is 14.5. The quantitative estimate of drug-likeness (QED) is 0.683. The zero-order chi connectivity index (χ0) is 18.4. The van der Waals surface area contributed by atoms with Crippen molar-refractivity contribution in [3.05, 3.63) is 60.2 Å². The van der Waals surface area contributed by atoms with Crippen LogP contribution < -0.4 is 5.32 Å². The van der Waals surface area contributed by atoms with Crippen LogP contribution in [0.3, 0.4) is 0 Å². The Kier molecular flexibility index (Phi) is 6.39. The second-order valence-corrected chi connectivity index (χ2v) is 6.17. The normalized spacial score (nSPS) is 14.9. The smallest absolute Gasteiger partial charge is 0.137 e. The molecule has 0 bridgehead atoms. The van der Waals surface area contributed by atoms with Crippen LogP contribution >= 0.6 is 0 Å². The van der Waals surface area contributed by atoms with Crippen molar-refractivity contribution in [3.63, 3.8) is 0 Å². The minimum absolute atomic E-state index is 0.0127. The molecule has 0 spiro atoms. The molecule has 2 rings (SSSR count). The van der Waals surface area contributed by atoms with Crippen LogP contribution in [0.1, 0.15) is 32.3 Å². The molecule has 0 amide bonds. The summed E-state index contributed by atoms with van der Waals surface area (Å²) in [6.45, 7) is 8.31. The van der Waals surface area contributed by atoms with Crippen molar-refractivity contribution in [1.29, 1.82) is 0 Å². The summed E-state index contributed by atoms with van der Waals surface area (Å²) in [6.07, 6.45) is 4.42. The van der Waals surface area contributed by atoms with Gasteiger partial charge in [0.2, 0.25) is 0 Å². The van der Waals surface area contributed by atoms with Gasteiger partial charge in [-0.1, -0.05) is 25.1 Å². The predicted octanol–water partition coefficient (Wildman–Crippen LogP) is 2.78. The number of hydrogen-bond acceptors (Lipinski definition) is 4. The van der Waals surface area contributed by atoms with Gasteiger partial charge in [-0.2, -0.15) is 5.10 Å². The van der Waals surface area contributed by atoms with Gasteiger partial charge < -0.3 is 10.4 Å². The highest BCUT2D eigenvalue weighted by Crippen LogP contribution is 2.30. The van der Waals surface area contributed by atoms with Gasteiger partial charge in [-0.15, -0.1) is 0 Å². The number of aliphatic hydroxyl groups is 1. The fraction of sp³-hybridized carbons (Fsp3) is 0.444. The van der Waals surface area contributed by atoms with Gasteiger partial charge >= 0.3 is 0 Å². The van der Waals surface area contributed by atoms with Crippen LogP contribution in [0.15, 0.2) is 43.0 Å². The Morgan fingerprint density at radius 3 is 2.80 bits per heavy atom. The van der Waals surface area contributed by atoms with E-state index in [4.69, 9.17) is 0 Å². The molecule has 1 aromatic carbocycles. The van der Waals surface area contributed by atoms with Crippen molar-refractivity contribution in [2.24, 2.45) is 0 Å². The standard InChI is InChI=1S/C18H24F2N4O/c1-4-13(2)7-8-22-14(3)18(25,10-24-12-21-11-23-24)16-6-5-15(19)9-17(16)20/h5-6,9,11-12,14,22,25H,2,4,7-8,10H2,1,3H3/t14-,18?/m0/s1. The van der Waals surface area contributed by atoms with Gasteiger partial charge in [0.15, 0.2) is 0 Å². The Balaban J connectivity index is 2.26. The molecule has 0 radical (unpaired) electrons. The highest BCUT2D eigenvalue weighted by Gasteiger charge is 2.38. The maximum Gasteiger partial charge on any atom is 0.137 e. The molecule has 7 heteroatoms. The summed E-state index contributed by atoms with van der Waals surface area (Å²) >= 11 is 0. The first-order chi connectivity index (χ1) is 11.9. The van der Waals surface area contributed by atoms with Gasteiger partial charge in [0, 0.05) is 17.7 Å². The average molecular weight is 350 g/mol. The van der Waals surface area contributed by atoms with Crippen LogP contribution in [-0.4, -0.2) is 32.5 Å². The fourth-order valence-corrected chi connectivity index (χ4v) is 2.67. The Morgan fingerprint density at radius 1 is 1.44 bits per heavy atom. The number of aromatic nitrogens is 3. The second kappa shape index (κ2) is 8.31. The van der Waals surface area contributed by atoms with Gasteiger partial charge in [-0.25, -0.2) is 18.4 Å². The Hall–Kier alpha value is -2.12. The van der Waals surface area contributed by atoms with Crippen LogP contribution in [0.4, 0.5) is 8.78 Å². The molecule has 2 atom stereocenters. The second-order valence-electron chi connectivity index (χ2n) is 6.17. The lowest BCUT2D eigenvalue weighted by Crippen LogP contribution is -2.50. The summed E-state index contributed by atoms with van der Waals surface area (Å²) in [5.41, 5.74) is -0.523. The van der Waals surface area contributed by atoms with Crippen molar-refractivity contribution in [1.82, 2.24) is 20.1 Å². The molecule has 0 saturated heterocycles. The van der Waals surface area contributed by atoms with Gasteiger partial charge in [0.25, 0.3) is 0 Å². The van der Waals surface area contributed by atoms with Crippen LogP contribution in [0.5, 0.6) is 0 Å². The van der Waals surface area contributed by atoms with E-state index >= 15 is 0 Å². The first-order valence-electron chi connectivity index (χ1n) is 8.27. The molecule has 0 aliphatic carbocycles. The largest absolute Gasteiger partial charge is 0.381 e. The molecular weight excluding hydrogens is 326 g/mol. The molecule has 0 aliphatic rings. The maximum absolute atomic E-state index is 14.4. The molecule has 0 saturated carbocycles. The van der Waals surface area contributed by atoms with E-state index < -0.39 is 23.3 Å². The molecular formula is C18H24F2N4O. The lowest BCUT2D eigenvalue weighted by Gasteiger charge is -2.35. The first kappa shape index (κ1) is 19.2. The van der Waals surface area contributed by atoms with E-state index in [1.165, 1.54) is 23.4 Å². The Morgan fingerprint density at radius 2 is 2.20 bits per heavy atom. The van der Waals surface area contributed by atoms with Crippen LogP contribution in [0, 0.1) is 11.6 Å². The van der Waals surface area contributed by atoms with E-state index in [0.29, 0.717) is 6.54 Å². The van der Waals surface area contributed by atoms with E-state index in [9.17, 15) is 13.9 Å². The molecule has 1 unspecified atom stereocenters. The van der Waals surface area contributed by atoms with E-state index in [2.05, 4.69) is 22.0 Å². The van der Waals surface area contributed by atoms with Gasteiger partial charge in [0.1, 0.15) is 29.9 Å². The van der Waals surface area contributed by atoms with Crippen molar-refractivity contribution in [3.8, 4) is 0 Å². The predicted molar refractivity (Wildman–Crippen MR) is 91.8 cm³/mol. The number of nitrogens with one attached hydrogen (secondary N) is 1. The highest BCUT2D eigenvalue weighted by molar-refractivity contribution is 5.27. The summed E-state index contributed by atoms with van der Waals surface area (Å²) in [4.78, 5) is 3.85. The Labute approximate surface area is 146 Å². The average Bonchev–Trinajstić information content (AvgIpc) is 3.06. The molecule has 1 aromatic heterocycles. The third-order valence-corrected chi connectivity index (χ3v) is 4.41. The molecule has 0 fully saturated rings. The van der Waals surface area contributed by atoms with Crippen molar-refractivity contribution in [2.45, 2.75) is 44.9 Å². The third kappa shape index (κ3) is 4.70. The molecule has 5 nitrogen and oxygen atoms in total. The summed E-state index contributed by atoms with van der Waals surface area (Å²) in [5, 5.41) is 18.5. The van der Waals surface area contributed by atoms with Crippen LogP contribution in [-0.2, 0) is 12.1 Å². The van der Waals surface area contributed by atoms with Gasteiger partial charge in [0.05, 0.1) is 6.54 Å². The van der Waals surface area contributed by atoms with Crippen molar-refractivity contribution < 1.29 is 13.9 Å². The van der Waals surface area contributed by atoms with Crippen LogP contribution in [0.2, 0.25) is 0 Å². The minimum atomic E-state index is -1.63. The first-order valence-corrected chi connectivity index (χ1v) is 8.27. The van der Waals surface area contributed by atoms with E-state index in [-0.39, 0.29) is 12.1 Å². The van der Waals surface area contributed by atoms with Crippen molar-refractivity contribution >= 4 is 0 Å². The zero-order valence-corrected chi connectivity index (χ0v) is 14.5. The Bertz CT molecular complexity index is 705. The minimum Gasteiger partial charge on any atom is -0.381 e. The fourth-order valence-electron chi connectivity index (χ4n) is 2.67. The highest BCUT2D eigenvalue weighted by atomic mass is 19.1. The number of rotatable bonds is 9. The number of benzene rings is 1. The molecule has 25 heavy (non-hydrogen) atoms. The molecule has 1 heterocycles. The SMILES string of the molecule is C=C(CC)CCN[C@@H](C)C(O)(Cn1cncn1)c1ccc(F)cc1F. The van der Waals surface area contributed by atoms with E-state index in [1.807, 2.05) is 6.92 Å². The molecule has 2 N–H and O–H groups in total. The number of halogens is 2. The number of hydrogen-bond donors (Lipinski definition) is 2. The summed E-state index contributed by atoms with van der Waals surface area (Å²) in [7, 11) is 0. The van der Waals surface area contributed by atoms with Gasteiger partial charge in [-0.05, 0) is 32.4 Å². The maximum atomic E-state index is 14.4. The lowest BCUT2D eigenvalue weighted by molar-refractivity contribution is -0.0198. The summed E-state index contributed by atoms with van der Waals surface area (Å²) in [6, 6.07) is 2.66. The van der Waals surface area contributed by atoms with Gasteiger partial charge in [-0.3, -0.25) is 0 Å². The lowest BCUT2D eigenvalue weighted by atomic mass is 9.86. The van der Waals surface area contributed by atoms with E-state index in [1.54, 1.807) is 6.92 Å². The molecule has 2 aromatic rings. The van der Waals surface area contributed by atoms with E-state index in [0.717, 1.165) is 30.5 Å². The molecule has 136 valence electrons. The van der Waals surface area contributed by atoms with Crippen molar-refractivity contribution in [2.75, 3.05) is 6.54 Å². The van der Waals surface area contributed by atoms with Crippen LogP contribution in [0.25, 0.3) is 0 Å².